The molecule has 0 heterocycles. The van der Waals surface area contributed by atoms with Gasteiger partial charge in [-0.25, -0.2) is 4.21 Å². The van der Waals surface area contributed by atoms with E-state index in [0.717, 1.165) is 0 Å². The Balaban J connectivity index is 3.17. The average Bonchev–Trinajstić information content (AvgIpc) is 2.27. The third-order valence-electron chi connectivity index (χ3n) is 2.39. The highest BCUT2D eigenvalue weighted by molar-refractivity contribution is 7.85. The standard InChI is InChI=1S/C12H17N3O3S/c1-8(14-19(18)12(2,3)4)9-5-6-10(13)11(7-9)15(16)17/h5-7H,13H2,1-4H3/b14-8+. The second kappa shape index (κ2) is 5.48. The van der Waals surface area contributed by atoms with Crippen molar-refractivity contribution in [1.29, 1.82) is 0 Å². The highest BCUT2D eigenvalue weighted by atomic mass is 32.2. The van der Waals surface area contributed by atoms with Gasteiger partial charge in [0.2, 0.25) is 0 Å². The summed E-state index contributed by atoms with van der Waals surface area (Å²) in [5.41, 5.74) is 6.47. The summed E-state index contributed by atoms with van der Waals surface area (Å²) in [6.07, 6.45) is 0. The lowest BCUT2D eigenvalue weighted by Crippen LogP contribution is -2.20. The molecule has 0 saturated heterocycles. The first-order valence-corrected chi connectivity index (χ1v) is 6.75. The van der Waals surface area contributed by atoms with Gasteiger partial charge in [-0.1, -0.05) is 6.07 Å². The molecule has 0 aromatic heterocycles. The van der Waals surface area contributed by atoms with E-state index in [1.165, 1.54) is 12.1 Å². The number of nitro benzene ring substituents is 1. The molecule has 1 aromatic carbocycles. The van der Waals surface area contributed by atoms with Gasteiger partial charge in [0.1, 0.15) is 16.7 Å². The number of hydrogen-bond donors (Lipinski definition) is 1. The fraction of sp³-hybridized carbons (Fsp3) is 0.417. The molecule has 0 spiro atoms. The SMILES string of the molecule is C/C(=N\S(=O)C(C)(C)C)c1ccc(N)c([N+](=O)[O-])c1. The van der Waals surface area contributed by atoms with Gasteiger partial charge in [-0.15, -0.1) is 0 Å². The Labute approximate surface area is 114 Å². The number of nitrogen functional groups attached to an aromatic ring is 1. The second-order valence-corrected chi connectivity index (χ2v) is 6.97. The fourth-order valence-corrected chi connectivity index (χ4v) is 1.87. The predicted octanol–water partition coefficient (Wildman–Crippen LogP) is 2.45. The van der Waals surface area contributed by atoms with Gasteiger partial charge in [0, 0.05) is 11.6 Å². The van der Waals surface area contributed by atoms with Crippen molar-refractivity contribution in [3.05, 3.63) is 33.9 Å². The number of nitrogens with two attached hydrogens (primary N) is 1. The second-order valence-electron chi connectivity index (χ2n) is 5.07. The molecule has 19 heavy (non-hydrogen) atoms. The summed E-state index contributed by atoms with van der Waals surface area (Å²) < 4.78 is 15.5. The number of hydrogen-bond acceptors (Lipinski definition) is 4. The van der Waals surface area contributed by atoms with E-state index >= 15 is 0 Å². The van der Waals surface area contributed by atoms with Crippen molar-refractivity contribution >= 4 is 28.1 Å². The molecule has 0 saturated carbocycles. The van der Waals surface area contributed by atoms with E-state index in [9.17, 15) is 14.3 Å². The summed E-state index contributed by atoms with van der Waals surface area (Å²) in [6, 6.07) is 4.42. The van der Waals surface area contributed by atoms with E-state index in [0.29, 0.717) is 11.3 Å². The van der Waals surface area contributed by atoms with Crippen LogP contribution in [0.4, 0.5) is 11.4 Å². The molecular formula is C12H17N3O3S. The van der Waals surface area contributed by atoms with E-state index in [1.54, 1.807) is 13.0 Å². The third-order valence-corrected chi connectivity index (χ3v) is 3.88. The number of nitro groups is 1. The van der Waals surface area contributed by atoms with Crippen molar-refractivity contribution in [3.63, 3.8) is 0 Å². The van der Waals surface area contributed by atoms with Crippen molar-refractivity contribution in [2.75, 3.05) is 5.73 Å². The molecule has 0 fully saturated rings. The molecule has 7 heteroatoms. The molecule has 0 bridgehead atoms. The van der Waals surface area contributed by atoms with Crippen molar-refractivity contribution in [3.8, 4) is 0 Å². The van der Waals surface area contributed by atoms with Gasteiger partial charge < -0.3 is 5.73 Å². The van der Waals surface area contributed by atoms with E-state index < -0.39 is 20.7 Å². The number of benzene rings is 1. The average molecular weight is 283 g/mol. The molecule has 6 nitrogen and oxygen atoms in total. The van der Waals surface area contributed by atoms with Gasteiger partial charge in [0.25, 0.3) is 5.69 Å². The maximum Gasteiger partial charge on any atom is 0.292 e. The van der Waals surface area contributed by atoms with Crippen LogP contribution in [0.3, 0.4) is 0 Å². The maximum absolute atomic E-state index is 11.9. The zero-order chi connectivity index (χ0) is 14.8. The molecule has 0 aliphatic carbocycles. The van der Waals surface area contributed by atoms with Gasteiger partial charge in [0.15, 0.2) is 0 Å². The molecule has 104 valence electrons. The highest BCUT2D eigenvalue weighted by Crippen LogP contribution is 2.23. The summed E-state index contributed by atoms with van der Waals surface area (Å²) in [7, 11) is -1.40. The van der Waals surface area contributed by atoms with Crippen molar-refractivity contribution < 1.29 is 9.13 Å². The van der Waals surface area contributed by atoms with Crippen LogP contribution >= 0.6 is 0 Å². The summed E-state index contributed by atoms with van der Waals surface area (Å²) >= 11 is 0. The molecule has 0 amide bonds. The first kappa shape index (κ1) is 15.3. The zero-order valence-electron chi connectivity index (χ0n) is 11.3. The first-order chi connectivity index (χ1) is 8.62. The minimum atomic E-state index is -1.40. The third kappa shape index (κ3) is 3.85. The van der Waals surface area contributed by atoms with Crippen LogP contribution in [-0.4, -0.2) is 19.6 Å². The van der Waals surface area contributed by atoms with E-state index in [1.807, 2.05) is 20.8 Å². The molecule has 0 aliphatic heterocycles. The van der Waals surface area contributed by atoms with Crippen LogP contribution in [0.15, 0.2) is 22.6 Å². The lowest BCUT2D eigenvalue weighted by atomic mass is 10.1. The van der Waals surface area contributed by atoms with Crippen molar-refractivity contribution in [2.45, 2.75) is 32.4 Å². The van der Waals surface area contributed by atoms with Crippen LogP contribution in [0.5, 0.6) is 0 Å². The van der Waals surface area contributed by atoms with E-state index in [4.69, 9.17) is 5.73 Å². The zero-order valence-corrected chi connectivity index (χ0v) is 12.2. The first-order valence-electron chi connectivity index (χ1n) is 5.64. The molecule has 1 rings (SSSR count). The van der Waals surface area contributed by atoms with E-state index in [2.05, 4.69) is 4.40 Å². The summed E-state index contributed by atoms with van der Waals surface area (Å²) in [5.74, 6) is 0. The van der Waals surface area contributed by atoms with E-state index in [-0.39, 0.29) is 11.4 Å². The lowest BCUT2D eigenvalue weighted by Gasteiger charge is -2.14. The Morgan fingerprint density at radius 1 is 1.42 bits per heavy atom. The van der Waals surface area contributed by atoms with Crippen LogP contribution in [0.1, 0.15) is 33.3 Å². The monoisotopic (exact) mass is 283 g/mol. The molecule has 0 radical (unpaired) electrons. The number of rotatable bonds is 3. The normalized spacial score (nSPS) is 14.2. The number of anilines is 1. The quantitative estimate of drug-likeness (QED) is 0.398. The summed E-state index contributed by atoms with van der Waals surface area (Å²) in [4.78, 5) is 10.3. The Morgan fingerprint density at radius 3 is 2.47 bits per heavy atom. The smallest absolute Gasteiger partial charge is 0.292 e. The molecule has 2 N–H and O–H groups in total. The Bertz CT molecular complexity index is 562. The molecule has 1 unspecified atom stereocenters. The molecule has 0 aliphatic rings. The van der Waals surface area contributed by atoms with Gasteiger partial charge >= 0.3 is 0 Å². The minimum Gasteiger partial charge on any atom is -0.393 e. The van der Waals surface area contributed by atoms with Crippen molar-refractivity contribution in [1.82, 2.24) is 0 Å². The predicted molar refractivity (Wildman–Crippen MR) is 77.6 cm³/mol. The Hall–Kier alpha value is -1.76. The maximum atomic E-state index is 11.9. The van der Waals surface area contributed by atoms with Crippen LogP contribution in [0, 0.1) is 10.1 Å². The Kier molecular flexibility index (Phi) is 4.41. The summed E-state index contributed by atoms with van der Waals surface area (Å²) in [6.45, 7) is 7.10. The largest absolute Gasteiger partial charge is 0.393 e. The molecular weight excluding hydrogens is 266 g/mol. The van der Waals surface area contributed by atoms with Gasteiger partial charge in [-0.2, -0.15) is 4.40 Å². The van der Waals surface area contributed by atoms with Crippen molar-refractivity contribution in [2.24, 2.45) is 4.40 Å². The van der Waals surface area contributed by atoms with Crippen LogP contribution in [-0.2, 0) is 11.0 Å². The highest BCUT2D eigenvalue weighted by Gasteiger charge is 2.20. The topological polar surface area (TPSA) is 98.6 Å². The van der Waals surface area contributed by atoms with Gasteiger partial charge in [-0.3, -0.25) is 10.1 Å². The molecule has 1 atom stereocenters. The molecule has 1 aromatic rings. The van der Waals surface area contributed by atoms with Crippen LogP contribution in [0.2, 0.25) is 0 Å². The Morgan fingerprint density at radius 2 is 2.00 bits per heavy atom. The lowest BCUT2D eigenvalue weighted by molar-refractivity contribution is -0.383. The summed E-state index contributed by atoms with van der Waals surface area (Å²) in [5, 5.41) is 10.8. The van der Waals surface area contributed by atoms with Gasteiger partial charge in [0.05, 0.1) is 15.4 Å². The minimum absolute atomic E-state index is 0.0958. The van der Waals surface area contributed by atoms with Gasteiger partial charge in [-0.05, 0) is 33.8 Å². The van der Waals surface area contributed by atoms with Crippen LogP contribution < -0.4 is 5.73 Å². The fourth-order valence-electron chi connectivity index (χ4n) is 1.24. The number of nitrogens with zero attached hydrogens (tertiary/aromatic N) is 2. The van der Waals surface area contributed by atoms with Crippen LogP contribution in [0.25, 0.3) is 0 Å².